The van der Waals surface area contributed by atoms with Crippen LogP contribution in [0.2, 0.25) is 0 Å². The second kappa shape index (κ2) is 7.51. The molecule has 1 fully saturated rings. The third-order valence-corrected chi connectivity index (χ3v) is 5.75. The number of fused-ring (bicyclic) bond motifs is 1. The molecule has 1 aromatic carbocycles. The lowest BCUT2D eigenvalue weighted by Gasteiger charge is -2.15. The number of carbonyl (C=O) groups is 1. The molecule has 1 unspecified atom stereocenters. The van der Waals surface area contributed by atoms with Crippen molar-refractivity contribution >= 4 is 11.6 Å². The molecule has 0 aliphatic carbocycles. The Labute approximate surface area is 179 Å². The molecule has 1 amide bonds. The molecule has 1 aliphatic rings. The lowest BCUT2D eigenvalue weighted by Crippen LogP contribution is -2.28. The van der Waals surface area contributed by atoms with E-state index in [1.165, 1.54) is 40.3 Å². The first-order valence-corrected chi connectivity index (χ1v) is 9.97. The summed E-state index contributed by atoms with van der Waals surface area (Å²) in [5, 5.41) is 0. The molecule has 1 saturated heterocycles. The van der Waals surface area contributed by atoms with Crippen molar-refractivity contribution in [2.45, 2.75) is 18.5 Å². The highest BCUT2D eigenvalue weighted by atomic mass is 19.4. The van der Waals surface area contributed by atoms with Gasteiger partial charge in [-0.25, -0.2) is 9.37 Å². The fourth-order valence-corrected chi connectivity index (χ4v) is 4.16. The second-order valence-corrected chi connectivity index (χ2v) is 7.77. The number of likely N-dealkylation sites (tertiary alicyclic amines) is 1. The van der Waals surface area contributed by atoms with Crippen molar-refractivity contribution in [3.63, 3.8) is 0 Å². The van der Waals surface area contributed by atoms with Crippen LogP contribution in [0.15, 0.2) is 65.7 Å². The fraction of sp³-hybridized carbons (Fsp3) is 0.217. The van der Waals surface area contributed by atoms with E-state index in [-0.39, 0.29) is 35.2 Å². The number of furan rings is 1. The summed E-state index contributed by atoms with van der Waals surface area (Å²) in [6.07, 6.45) is 1.40. The Morgan fingerprint density at radius 3 is 2.66 bits per heavy atom. The van der Waals surface area contributed by atoms with E-state index in [0.29, 0.717) is 24.1 Å². The minimum absolute atomic E-state index is 0.0889. The van der Waals surface area contributed by atoms with Crippen LogP contribution in [-0.4, -0.2) is 33.3 Å². The number of hydrogen-bond acceptors (Lipinski definition) is 3. The number of carbonyl (C=O) groups excluding carboxylic acids is 1. The van der Waals surface area contributed by atoms with Crippen molar-refractivity contribution in [2.24, 2.45) is 0 Å². The molecule has 4 heterocycles. The maximum Gasteiger partial charge on any atom is 0.420 e. The first-order chi connectivity index (χ1) is 15.3. The molecule has 5 rings (SSSR count). The average Bonchev–Trinajstić information content (AvgIpc) is 3.52. The van der Waals surface area contributed by atoms with Crippen molar-refractivity contribution in [3.05, 3.63) is 84.0 Å². The van der Waals surface area contributed by atoms with Gasteiger partial charge in [-0.2, -0.15) is 13.2 Å². The van der Waals surface area contributed by atoms with Crippen molar-refractivity contribution < 1.29 is 26.8 Å². The third-order valence-electron chi connectivity index (χ3n) is 5.75. The molecule has 4 aromatic rings. The van der Waals surface area contributed by atoms with E-state index in [1.54, 1.807) is 24.3 Å². The lowest BCUT2D eigenvalue weighted by atomic mass is 9.98. The van der Waals surface area contributed by atoms with Gasteiger partial charge < -0.3 is 13.7 Å². The van der Waals surface area contributed by atoms with Gasteiger partial charge in [-0.3, -0.25) is 4.79 Å². The van der Waals surface area contributed by atoms with E-state index in [4.69, 9.17) is 4.42 Å². The van der Waals surface area contributed by atoms with Crippen LogP contribution >= 0.6 is 0 Å². The van der Waals surface area contributed by atoms with Crippen LogP contribution in [0.5, 0.6) is 0 Å². The smallest absolute Gasteiger partial charge is 0.420 e. The van der Waals surface area contributed by atoms with Crippen LogP contribution < -0.4 is 0 Å². The van der Waals surface area contributed by atoms with Gasteiger partial charge in [0.05, 0.1) is 18.1 Å². The predicted molar refractivity (Wildman–Crippen MR) is 108 cm³/mol. The lowest BCUT2D eigenvalue weighted by molar-refractivity contribution is -0.136. The molecule has 164 valence electrons. The number of pyridine rings is 1. The molecule has 1 aliphatic heterocycles. The molecule has 3 aromatic heterocycles. The Kier molecular flexibility index (Phi) is 4.76. The van der Waals surface area contributed by atoms with Gasteiger partial charge in [0.1, 0.15) is 17.2 Å². The molecular formula is C23H17F4N3O2. The number of aromatic nitrogens is 2. The molecule has 5 nitrogen and oxygen atoms in total. The SMILES string of the molecule is O=C(c1cn2cc(-c3ccoc3)cc(C(F)(F)F)c2n1)N1CCC(c2ccccc2F)C1. The van der Waals surface area contributed by atoms with E-state index in [1.807, 2.05) is 0 Å². The van der Waals surface area contributed by atoms with Crippen molar-refractivity contribution in [1.29, 1.82) is 0 Å². The van der Waals surface area contributed by atoms with E-state index < -0.39 is 17.6 Å². The molecule has 0 bridgehead atoms. The number of amides is 1. The highest BCUT2D eigenvalue weighted by Gasteiger charge is 2.36. The summed E-state index contributed by atoms with van der Waals surface area (Å²) in [6.45, 7) is 0.651. The van der Waals surface area contributed by atoms with Crippen molar-refractivity contribution in [1.82, 2.24) is 14.3 Å². The largest absolute Gasteiger partial charge is 0.472 e. The maximum absolute atomic E-state index is 14.1. The van der Waals surface area contributed by atoms with Crippen molar-refractivity contribution in [2.75, 3.05) is 13.1 Å². The molecule has 0 saturated carbocycles. The zero-order valence-electron chi connectivity index (χ0n) is 16.6. The normalized spacial score (nSPS) is 16.8. The van der Waals surface area contributed by atoms with Gasteiger partial charge in [0, 0.05) is 42.5 Å². The van der Waals surface area contributed by atoms with Gasteiger partial charge in [-0.1, -0.05) is 18.2 Å². The number of benzene rings is 1. The zero-order chi connectivity index (χ0) is 22.5. The summed E-state index contributed by atoms with van der Waals surface area (Å²) in [5.41, 5.74) is -0.0863. The fourth-order valence-electron chi connectivity index (χ4n) is 4.16. The van der Waals surface area contributed by atoms with Crippen LogP contribution in [0.25, 0.3) is 16.8 Å². The Morgan fingerprint density at radius 2 is 1.94 bits per heavy atom. The third kappa shape index (κ3) is 3.53. The molecule has 0 N–H and O–H groups in total. The van der Waals surface area contributed by atoms with Crippen LogP contribution in [0.1, 0.15) is 34.0 Å². The number of imidazole rings is 1. The summed E-state index contributed by atoms with van der Waals surface area (Å²) < 4.78 is 61.5. The highest BCUT2D eigenvalue weighted by molar-refractivity contribution is 5.93. The summed E-state index contributed by atoms with van der Waals surface area (Å²) >= 11 is 0. The molecule has 0 radical (unpaired) electrons. The van der Waals surface area contributed by atoms with Gasteiger partial charge in [-0.05, 0) is 30.2 Å². The van der Waals surface area contributed by atoms with Crippen molar-refractivity contribution in [3.8, 4) is 11.1 Å². The predicted octanol–water partition coefficient (Wildman–Crippen LogP) is 5.38. The molecule has 0 spiro atoms. The second-order valence-electron chi connectivity index (χ2n) is 7.77. The minimum atomic E-state index is -4.66. The molecule has 9 heteroatoms. The number of alkyl halides is 3. The number of halogens is 4. The maximum atomic E-state index is 14.1. The van der Waals surface area contributed by atoms with E-state index in [2.05, 4.69) is 4.98 Å². The minimum Gasteiger partial charge on any atom is -0.472 e. The topological polar surface area (TPSA) is 50.8 Å². The quantitative estimate of drug-likeness (QED) is 0.400. The number of hydrogen-bond donors (Lipinski definition) is 0. The Balaban J connectivity index is 1.48. The van der Waals surface area contributed by atoms with Crippen LogP contribution in [-0.2, 0) is 6.18 Å². The summed E-state index contributed by atoms with van der Waals surface area (Å²) in [5.74, 6) is -0.984. The Bertz CT molecular complexity index is 1290. The van der Waals surface area contributed by atoms with E-state index >= 15 is 0 Å². The van der Waals surface area contributed by atoms with E-state index in [0.717, 1.165) is 6.07 Å². The first kappa shape index (κ1) is 20.3. The Hall–Kier alpha value is -3.62. The molecular weight excluding hydrogens is 426 g/mol. The zero-order valence-corrected chi connectivity index (χ0v) is 16.6. The van der Waals surface area contributed by atoms with Crippen LogP contribution in [0.3, 0.4) is 0 Å². The molecule has 32 heavy (non-hydrogen) atoms. The van der Waals surface area contributed by atoms with E-state index in [9.17, 15) is 22.4 Å². The average molecular weight is 443 g/mol. The highest BCUT2D eigenvalue weighted by Crippen LogP contribution is 2.36. The van der Waals surface area contributed by atoms with Crippen LogP contribution in [0, 0.1) is 5.82 Å². The molecule has 1 atom stereocenters. The van der Waals surface area contributed by atoms with Gasteiger partial charge in [0.25, 0.3) is 5.91 Å². The standard InChI is InChI=1S/C23H17F4N3O2/c24-19-4-2-1-3-17(19)14-5-7-29(10-14)22(31)20-12-30-11-16(15-6-8-32-13-15)9-18(21(30)28-20)23(25,26)27/h1-4,6,8-9,11-14H,5,7,10H2. The first-order valence-electron chi connectivity index (χ1n) is 9.97. The Morgan fingerprint density at radius 1 is 1.12 bits per heavy atom. The number of nitrogens with zero attached hydrogens (tertiary/aromatic N) is 3. The summed E-state index contributed by atoms with van der Waals surface area (Å²) in [4.78, 5) is 18.5. The summed E-state index contributed by atoms with van der Waals surface area (Å²) in [7, 11) is 0. The van der Waals surface area contributed by atoms with Gasteiger partial charge in [0.2, 0.25) is 0 Å². The van der Waals surface area contributed by atoms with Gasteiger partial charge in [0.15, 0.2) is 0 Å². The summed E-state index contributed by atoms with van der Waals surface area (Å²) in [6, 6.07) is 8.94. The van der Waals surface area contributed by atoms with Crippen LogP contribution in [0.4, 0.5) is 17.6 Å². The van der Waals surface area contributed by atoms with Gasteiger partial charge in [-0.15, -0.1) is 0 Å². The van der Waals surface area contributed by atoms with Gasteiger partial charge >= 0.3 is 6.18 Å². The monoisotopic (exact) mass is 443 g/mol. The number of rotatable bonds is 3.